The predicted octanol–water partition coefficient (Wildman–Crippen LogP) is 1.39. The van der Waals surface area contributed by atoms with E-state index in [9.17, 15) is 4.79 Å². The second-order valence-electron chi connectivity index (χ2n) is 5.62. The summed E-state index contributed by atoms with van der Waals surface area (Å²) in [6, 6.07) is 2.04. The normalized spacial score (nSPS) is 23.0. The van der Waals surface area contributed by atoms with Crippen molar-refractivity contribution in [1.29, 1.82) is 0 Å². The molecule has 1 saturated heterocycles. The van der Waals surface area contributed by atoms with Crippen molar-refractivity contribution >= 4 is 5.82 Å². The van der Waals surface area contributed by atoms with Gasteiger partial charge in [0.2, 0.25) is 0 Å². The van der Waals surface area contributed by atoms with Crippen molar-refractivity contribution in [2.45, 2.75) is 50.5 Å². The number of H-pyrrole nitrogens is 1. The summed E-state index contributed by atoms with van der Waals surface area (Å²) in [5.41, 5.74) is -0.0419. The fraction of sp³-hybridized carbons (Fsp3) is 0.714. The Morgan fingerprint density at radius 3 is 3.00 bits per heavy atom. The van der Waals surface area contributed by atoms with Crippen molar-refractivity contribution in [2.24, 2.45) is 0 Å². The van der Waals surface area contributed by atoms with E-state index in [-0.39, 0.29) is 12.2 Å². The van der Waals surface area contributed by atoms with Gasteiger partial charge in [-0.15, -0.1) is 0 Å². The first-order chi connectivity index (χ1) is 9.28. The molecule has 2 N–H and O–H groups in total. The van der Waals surface area contributed by atoms with Crippen LogP contribution in [0.15, 0.2) is 10.9 Å². The van der Waals surface area contributed by atoms with Gasteiger partial charge >= 0.3 is 0 Å². The van der Waals surface area contributed by atoms with Crippen LogP contribution in [0.2, 0.25) is 0 Å². The minimum Gasteiger partial charge on any atom is -0.396 e. The number of aromatic amines is 1. The highest BCUT2D eigenvalue weighted by molar-refractivity contribution is 5.40. The average Bonchev–Trinajstić information content (AvgIpc) is 3.15. The highest BCUT2D eigenvalue weighted by atomic mass is 16.2. The summed E-state index contributed by atoms with van der Waals surface area (Å²) in [5.74, 6) is 2.15. The first kappa shape index (κ1) is 12.7. The van der Waals surface area contributed by atoms with E-state index in [2.05, 4.69) is 14.9 Å². The van der Waals surface area contributed by atoms with Crippen molar-refractivity contribution in [3.8, 4) is 0 Å². The van der Waals surface area contributed by atoms with Crippen LogP contribution in [-0.4, -0.2) is 34.3 Å². The van der Waals surface area contributed by atoms with Crippen molar-refractivity contribution < 1.29 is 5.11 Å². The Hall–Kier alpha value is -1.36. The highest BCUT2D eigenvalue weighted by Crippen LogP contribution is 2.38. The maximum absolute atomic E-state index is 11.8. The molecule has 1 saturated carbocycles. The molecule has 5 nitrogen and oxygen atoms in total. The largest absolute Gasteiger partial charge is 0.396 e. The molecule has 0 bridgehead atoms. The summed E-state index contributed by atoms with van der Waals surface area (Å²) in [5, 5.41) is 8.96. The fourth-order valence-corrected chi connectivity index (χ4v) is 2.92. The zero-order chi connectivity index (χ0) is 13.2. The van der Waals surface area contributed by atoms with E-state index in [1.54, 1.807) is 6.07 Å². The van der Waals surface area contributed by atoms with E-state index in [4.69, 9.17) is 5.11 Å². The van der Waals surface area contributed by atoms with Gasteiger partial charge in [-0.3, -0.25) is 4.79 Å². The topological polar surface area (TPSA) is 69.2 Å². The summed E-state index contributed by atoms with van der Waals surface area (Å²) >= 11 is 0. The molecule has 1 aliphatic heterocycles. The Bertz CT molecular complexity index is 496. The molecule has 2 aliphatic rings. The van der Waals surface area contributed by atoms with Crippen LogP contribution in [0.4, 0.5) is 5.82 Å². The summed E-state index contributed by atoms with van der Waals surface area (Å²) in [7, 11) is 0. The van der Waals surface area contributed by atoms with Crippen LogP contribution < -0.4 is 10.5 Å². The molecular weight excluding hydrogens is 242 g/mol. The van der Waals surface area contributed by atoms with Crippen molar-refractivity contribution in [1.82, 2.24) is 9.97 Å². The Morgan fingerprint density at radius 1 is 1.42 bits per heavy atom. The van der Waals surface area contributed by atoms with Crippen LogP contribution in [0.1, 0.15) is 50.3 Å². The molecule has 5 heteroatoms. The van der Waals surface area contributed by atoms with Crippen LogP contribution in [0, 0.1) is 0 Å². The maximum atomic E-state index is 11.8. The van der Waals surface area contributed by atoms with Gasteiger partial charge in [-0.1, -0.05) is 0 Å². The van der Waals surface area contributed by atoms with Gasteiger partial charge in [0.15, 0.2) is 0 Å². The molecule has 104 valence electrons. The Kier molecular flexibility index (Phi) is 3.55. The van der Waals surface area contributed by atoms with Gasteiger partial charge in [0, 0.05) is 31.2 Å². The number of nitrogens with zero attached hydrogens (tertiary/aromatic N) is 2. The van der Waals surface area contributed by atoms with Crippen LogP contribution in [0.5, 0.6) is 0 Å². The SMILES string of the molecule is O=c1cc(N2CCCC2CCCO)nc(C2CC2)[nH]1. The molecule has 0 amide bonds. The van der Waals surface area contributed by atoms with E-state index < -0.39 is 0 Å². The molecule has 1 aliphatic carbocycles. The van der Waals surface area contributed by atoms with Crippen molar-refractivity contribution in [3.63, 3.8) is 0 Å². The third-order valence-corrected chi connectivity index (χ3v) is 4.08. The number of aliphatic hydroxyl groups excluding tert-OH is 1. The molecule has 0 spiro atoms. The second kappa shape index (κ2) is 5.33. The smallest absolute Gasteiger partial charge is 0.252 e. The maximum Gasteiger partial charge on any atom is 0.252 e. The van der Waals surface area contributed by atoms with Crippen LogP contribution in [0.3, 0.4) is 0 Å². The number of aromatic nitrogens is 2. The summed E-state index contributed by atoms with van der Waals surface area (Å²) < 4.78 is 0. The molecule has 19 heavy (non-hydrogen) atoms. The van der Waals surface area contributed by atoms with Crippen LogP contribution in [-0.2, 0) is 0 Å². The molecule has 1 unspecified atom stereocenters. The monoisotopic (exact) mass is 263 g/mol. The number of aliphatic hydroxyl groups is 1. The van der Waals surface area contributed by atoms with Gasteiger partial charge in [0.05, 0.1) is 0 Å². The number of anilines is 1. The molecule has 2 fully saturated rings. The Balaban J connectivity index is 1.81. The molecule has 1 aromatic rings. The lowest BCUT2D eigenvalue weighted by atomic mass is 10.1. The van der Waals surface area contributed by atoms with Gasteiger partial charge < -0.3 is 15.0 Å². The van der Waals surface area contributed by atoms with E-state index in [0.29, 0.717) is 12.0 Å². The summed E-state index contributed by atoms with van der Waals surface area (Å²) in [4.78, 5) is 21.5. The first-order valence-electron chi connectivity index (χ1n) is 7.26. The lowest BCUT2D eigenvalue weighted by Gasteiger charge is -2.25. The Morgan fingerprint density at radius 2 is 2.26 bits per heavy atom. The van der Waals surface area contributed by atoms with Gasteiger partial charge in [0.25, 0.3) is 5.56 Å². The van der Waals surface area contributed by atoms with E-state index in [1.165, 1.54) is 0 Å². The zero-order valence-corrected chi connectivity index (χ0v) is 11.1. The lowest BCUT2D eigenvalue weighted by molar-refractivity contribution is 0.279. The quantitative estimate of drug-likeness (QED) is 0.842. The number of nitrogens with one attached hydrogen (secondary N) is 1. The summed E-state index contributed by atoms with van der Waals surface area (Å²) in [6.45, 7) is 1.21. The second-order valence-corrected chi connectivity index (χ2v) is 5.62. The molecule has 0 radical (unpaired) electrons. The van der Waals surface area contributed by atoms with Crippen LogP contribution >= 0.6 is 0 Å². The molecule has 1 aromatic heterocycles. The third-order valence-electron chi connectivity index (χ3n) is 4.08. The molecule has 3 rings (SSSR count). The number of hydrogen-bond acceptors (Lipinski definition) is 4. The summed E-state index contributed by atoms with van der Waals surface area (Å²) in [6.07, 6.45) is 6.35. The number of hydrogen-bond donors (Lipinski definition) is 2. The highest BCUT2D eigenvalue weighted by Gasteiger charge is 2.29. The Labute approximate surface area is 112 Å². The van der Waals surface area contributed by atoms with Gasteiger partial charge in [-0.05, 0) is 38.5 Å². The van der Waals surface area contributed by atoms with Gasteiger partial charge in [0.1, 0.15) is 11.6 Å². The van der Waals surface area contributed by atoms with E-state index in [1.807, 2.05) is 0 Å². The fourth-order valence-electron chi connectivity index (χ4n) is 2.92. The van der Waals surface area contributed by atoms with E-state index in [0.717, 1.165) is 56.7 Å². The minimum atomic E-state index is -0.0419. The molecule has 1 atom stereocenters. The van der Waals surface area contributed by atoms with Crippen molar-refractivity contribution in [3.05, 3.63) is 22.2 Å². The van der Waals surface area contributed by atoms with Gasteiger partial charge in [-0.25, -0.2) is 4.98 Å². The van der Waals surface area contributed by atoms with Crippen molar-refractivity contribution in [2.75, 3.05) is 18.1 Å². The first-order valence-corrected chi connectivity index (χ1v) is 7.26. The predicted molar refractivity (Wildman–Crippen MR) is 73.5 cm³/mol. The van der Waals surface area contributed by atoms with Crippen LogP contribution in [0.25, 0.3) is 0 Å². The molecular formula is C14H21N3O2. The van der Waals surface area contributed by atoms with E-state index >= 15 is 0 Å². The standard InChI is InChI=1S/C14H21N3O2/c18-8-2-4-11-3-1-7-17(11)12-9-13(19)16-14(15-12)10-5-6-10/h9-11,18H,1-8H2,(H,15,16,19). The van der Waals surface area contributed by atoms with Gasteiger partial charge in [-0.2, -0.15) is 0 Å². The lowest BCUT2D eigenvalue weighted by Crippen LogP contribution is -2.31. The average molecular weight is 263 g/mol. The minimum absolute atomic E-state index is 0.0419. The molecule has 2 heterocycles. The zero-order valence-electron chi connectivity index (χ0n) is 11.1. The molecule has 0 aromatic carbocycles. The number of rotatable bonds is 5. The third kappa shape index (κ3) is 2.81.